The van der Waals surface area contributed by atoms with Crippen LogP contribution in [0.15, 0.2) is 70.3 Å². The van der Waals surface area contributed by atoms with E-state index in [1.807, 2.05) is 30.3 Å². The van der Waals surface area contributed by atoms with Gasteiger partial charge in [-0.2, -0.15) is 5.10 Å². The van der Waals surface area contributed by atoms with Crippen LogP contribution in [-0.2, 0) is 6.54 Å². The summed E-state index contributed by atoms with van der Waals surface area (Å²) in [6, 6.07) is 17.5. The molecule has 0 aliphatic rings. The van der Waals surface area contributed by atoms with E-state index in [2.05, 4.69) is 20.9 Å². The molecule has 0 unspecified atom stereocenters. The van der Waals surface area contributed by atoms with E-state index in [0.717, 1.165) is 5.69 Å². The first kappa shape index (κ1) is 20.0. The number of aryl methyl sites for hydroxylation is 1. The molecule has 2 heterocycles. The first-order valence-corrected chi connectivity index (χ1v) is 9.72. The van der Waals surface area contributed by atoms with E-state index in [0.29, 0.717) is 23.1 Å². The van der Waals surface area contributed by atoms with Crippen LogP contribution in [-0.4, -0.2) is 25.2 Å². The number of carbonyl (C=O) groups excluding carboxylic acids is 1. The maximum Gasteiger partial charge on any atom is 0.294 e. The molecule has 4 rings (SSSR count). The van der Waals surface area contributed by atoms with Gasteiger partial charge in [0.25, 0.3) is 11.5 Å². The zero-order valence-corrected chi connectivity index (χ0v) is 17.0. The summed E-state index contributed by atoms with van der Waals surface area (Å²) in [4.78, 5) is 42.2. The van der Waals surface area contributed by atoms with Crippen LogP contribution in [0.3, 0.4) is 0 Å². The minimum absolute atomic E-state index is 0.162. The zero-order valence-electron chi connectivity index (χ0n) is 17.0. The SMILES string of the molecule is CCn1c(NNC(=O)c2nn(-c3ccccc3)c(C)cc2=O)nc2ccccc2c1=O. The molecule has 2 aromatic carbocycles. The van der Waals surface area contributed by atoms with Crippen LogP contribution < -0.4 is 21.8 Å². The van der Waals surface area contributed by atoms with Gasteiger partial charge in [-0.15, -0.1) is 0 Å². The number of para-hydroxylation sites is 2. The van der Waals surface area contributed by atoms with Gasteiger partial charge in [0, 0.05) is 18.3 Å². The molecule has 31 heavy (non-hydrogen) atoms. The Balaban J connectivity index is 1.66. The van der Waals surface area contributed by atoms with Crippen molar-refractivity contribution in [2.24, 2.45) is 0 Å². The fourth-order valence-electron chi connectivity index (χ4n) is 3.26. The number of rotatable bonds is 5. The highest BCUT2D eigenvalue weighted by atomic mass is 16.2. The lowest BCUT2D eigenvalue weighted by molar-refractivity contribution is 0.0954. The van der Waals surface area contributed by atoms with Crippen molar-refractivity contribution in [1.82, 2.24) is 24.8 Å². The topological polar surface area (TPSA) is 111 Å². The van der Waals surface area contributed by atoms with Crippen LogP contribution >= 0.6 is 0 Å². The molecule has 156 valence electrons. The first-order valence-electron chi connectivity index (χ1n) is 9.72. The Labute approximate surface area is 177 Å². The normalized spacial score (nSPS) is 10.8. The molecule has 0 bridgehead atoms. The van der Waals surface area contributed by atoms with Crippen molar-refractivity contribution in [3.05, 3.63) is 92.6 Å². The Hall–Kier alpha value is -4.27. The van der Waals surface area contributed by atoms with Gasteiger partial charge < -0.3 is 0 Å². The van der Waals surface area contributed by atoms with Gasteiger partial charge in [0.2, 0.25) is 11.4 Å². The van der Waals surface area contributed by atoms with Crippen molar-refractivity contribution in [2.75, 3.05) is 5.43 Å². The van der Waals surface area contributed by atoms with Crippen LogP contribution in [0.5, 0.6) is 0 Å². The third kappa shape index (κ3) is 3.80. The van der Waals surface area contributed by atoms with Gasteiger partial charge >= 0.3 is 0 Å². The third-order valence-corrected chi connectivity index (χ3v) is 4.79. The fraction of sp³-hybridized carbons (Fsp3) is 0.136. The molecule has 0 aliphatic heterocycles. The zero-order chi connectivity index (χ0) is 22.0. The molecule has 0 atom stereocenters. The smallest absolute Gasteiger partial charge is 0.287 e. The molecule has 2 N–H and O–H groups in total. The minimum atomic E-state index is -0.736. The number of aromatic nitrogens is 4. The lowest BCUT2D eigenvalue weighted by atomic mass is 10.2. The van der Waals surface area contributed by atoms with Crippen molar-refractivity contribution in [3.63, 3.8) is 0 Å². The van der Waals surface area contributed by atoms with Crippen molar-refractivity contribution >= 4 is 22.8 Å². The van der Waals surface area contributed by atoms with Gasteiger partial charge in [0.1, 0.15) is 0 Å². The fourth-order valence-corrected chi connectivity index (χ4v) is 3.26. The number of hydrogen-bond acceptors (Lipinski definition) is 6. The molecule has 0 spiro atoms. The summed E-state index contributed by atoms with van der Waals surface area (Å²) in [6.45, 7) is 3.88. The van der Waals surface area contributed by atoms with Crippen LogP contribution in [0.25, 0.3) is 16.6 Å². The molecule has 9 nitrogen and oxygen atoms in total. The quantitative estimate of drug-likeness (QED) is 0.482. The molecular formula is C22H20N6O3. The largest absolute Gasteiger partial charge is 0.294 e. The summed E-state index contributed by atoms with van der Waals surface area (Å²) in [7, 11) is 0. The molecule has 4 aromatic rings. The van der Waals surface area contributed by atoms with E-state index in [-0.39, 0.29) is 17.2 Å². The summed E-state index contributed by atoms with van der Waals surface area (Å²) in [5, 5.41) is 4.71. The standard InChI is InChI=1S/C22H20N6O3/c1-3-27-21(31)16-11-7-8-12-17(16)23-22(27)25-24-20(30)19-18(29)13-14(2)28(26-19)15-9-5-4-6-10-15/h4-13H,3H2,1-2H3,(H,23,25)(H,24,30). The average Bonchev–Trinajstić information content (AvgIpc) is 2.78. The van der Waals surface area contributed by atoms with Gasteiger partial charge in [-0.05, 0) is 38.1 Å². The van der Waals surface area contributed by atoms with E-state index >= 15 is 0 Å². The van der Waals surface area contributed by atoms with Crippen molar-refractivity contribution in [1.29, 1.82) is 0 Å². The third-order valence-electron chi connectivity index (χ3n) is 4.79. The number of carbonyl (C=O) groups is 1. The second-order valence-electron chi connectivity index (χ2n) is 6.83. The van der Waals surface area contributed by atoms with Gasteiger partial charge in [0.15, 0.2) is 5.69 Å². The average molecular weight is 416 g/mol. The molecule has 0 saturated heterocycles. The summed E-state index contributed by atoms with van der Waals surface area (Å²) < 4.78 is 2.92. The summed E-state index contributed by atoms with van der Waals surface area (Å²) in [6.07, 6.45) is 0. The maximum absolute atomic E-state index is 12.7. The summed E-state index contributed by atoms with van der Waals surface area (Å²) >= 11 is 0. The van der Waals surface area contributed by atoms with Gasteiger partial charge in [0.05, 0.1) is 16.6 Å². The number of benzene rings is 2. The van der Waals surface area contributed by atoms with Crippen LogP contribution in [0.1, 0.15) is 23.1 Å². The maximum atomic E-state index is 12.7. The highest BCUT2D eigenvalue weighted by Crippen LogP contribution is 2.11. The highest BCUT2D eigenvalue weighted by Gasteiger charge is 2.17. The summed E-state index contributed by atoms with van der Waals surface area (Å²) in [5.74, 6) is -0.574. The number of anilines is 1. The second kappa shape index (κ2) is 8.23. The van der Waals surface area contributed by atoms with E-state index in [1.54, 1.807) is 38.1 Å². The number of fused-ring (bicyclic) bond motifs is 1. The van der Waals surface area contributed by atoms with Gasteiger partial charge in [-0.3, -0.25) is 29.8 Å². The number of hydrogen-bond donors (Lipinski definition) is 2. The van der Waals surface area contributed by atoms with Gasteiger partial charge in [-0.25, -0.2) is 9.67 Å². The molecule has 0 fully saturated rings. The highest BCUT2D eigenvalue weighted by molar-refractivity contribution is 5.92. The molecule has 1 amide bonds. The summed E-state index contributed by atoms with van der Waals surface area (Å²) in [5.41, 5.74) is 5.88. The molecule has 2 aromatic heterocycles. The Morgan fingerprint density at radius 3 is 2.48 bits per heavy atom. The predicted molar refractivity (Wildman–Crippen MR) is 117 cm³/mol. The van der Waals surface area contributed by atoms with Crippen molar-refractivity contribution in [3.8, 4) is 5.69 Å². The van der Waals surface area contributed by atoms with Crippen molar-refractivity contribution in [2.45, 2.75) is 20.4 Å². The first-order chi connectivity index (χ1) is 15.0. The molecule has 0 radical (unpaired) electrons. The second-order valence-corrected chi connectivity index (χ2v) is 6.83. The molecule has 9 heteroatoms. The van der Waals surface area contributed by atoms with Crippen LogP contribution in [0.2, 0.25) is 0 Å². The Bertz CT molecular complexity index is 1390. The van der Waals surface area contributed by atoms with E-state index in [1.165, 1.54) is 15.3 Å². The molecular weight excluding hydrogens is 396 g/mol. The van der Waals surface area contributed by atoms with Crippen LogP contribution in [0, 0.1) is 6.92 Å². The van der Waals surface area contributed by atoms with E-state index < -0.39 is 11.3 Å². The number of amides is 1. The number of hydrazine groups is 1. The minimum Gasteiger partial charge on any atom is -0.287 e. The number of nitrogens with one attached hydrogen (secondary N) is 2. The van der Waals surface area contributed by atoms with Gasteiger partial charge in [-0.1, -0.05) is 30.3 Å². The van der Waals surface area contributed by atoms with Crippen molar-refractivity contribution < 1.29 is 4.79 Å². The Morgan fingerprint density at radius 2 is 1.74 bits per heavy atom. The molecule has 0 aliphatic carbocycles. The molecule has 0 saturated carbocycles. The van der Waals surface area contributed by atoms with E-state index in [4.69, 9.17) is 0 Å². The predicted octanol–water partition coefficient (Wildman–Crippen LogP) is 2.03. The van der Waals surface area contributed by atoms with E-state index in [9.17, 15) is 14.4 Å². The lowest BCUT2D eigenvalue weighted by Gasteiger charge is -2.14. The lowest BCUT2D eigenvalue weighted by Crippen LogP contribution is -2.37. The Kier molecular flexibility index (Phi) is 5.31. The van der Waals surface area contributed by atoms with Crippen LogP contribution in [0.4, 0.5) is 5.95 Å². The monoisotopic (exact) mass is 416 g/mol. The number of nitrogens with zero attached hydrogens (tertiary/aromatic N) is 4. The Morgan fingerprint density at radius 1 is 1.03 bits per heavy atom.